The normalized spacial score (nSPS) is 9.76. The molecule has 0 spiro atoms. The second-order valence-corrected chi connectivity index (χ2v) is 3.62. The van der Waals surface area contributed by atoms with Crippen molar-refractivity contribution >= 4 is 11.8 Å². The number of ether oxygens (including phenoxy) is 2. The van der Waals surface area contributed by atoms with E-state index in [4.69, 9.17) is 9.47 Å². The maximum absolute atomic E-state index is 11.2. The van der Waals surface area contributed by atoms with Gasteiger partial charge in [-0.05, 0) is 31.5 Å². The Morgan fingerprint density at radius 3 is 2.35 bits per heavy atom. The molecule has 4 nitrogen and oxygen atoms in total. The van der Waals surface area contributed by atoms with Gasteiger partial charge in [0.25, 0.3) is 0 Å². The molecule has 0 unspecified atom stereocenters. The first-order valence-corrected chi connectivity index (χ1v) is 5.48. The predicted octanol–water partition coefficient (Wildman–Crippen LogP) is 1.76. The largest absolute Gasteiger partial charge is 0.486 e. The number of carbonyl (C=O) groups is 2. The van der Waals surface area contributed by atoms with E-state index < -0.39 is 0 Å². The summed E-state index contributed by atoms with van der Waals surface area (Å²) in [5.74, 6) is 0.346. The van der Waals surface area contributed by atoms with E-state index in [9.17, 15) is 9.59 Å². The zero-order valence-electron chi connectivity index (χ0n) is 10.1. The molecule has 0 atom stereocenters. The van der Waals surface area contributed by atoms with Gasteiger partial charge < -0.3 is 9.47 Å². The molecule has 0 aliphatic carbocycles. The number of hydrogen-bond donors (Lipinski definition) is 0. The fraction of sp³-hybridized carbons (Fsp3) is 0.385. The highest BCUT2D eigenvalue weighted by Gasteiger charge is 2.04. The molecule has 0 aliphatic heterocycles. The Morgan fingerprint density at radius 2 is 1.82 bits per heavy atom. The van der Waals surface area contributed by atoms with E-state index >= 15 is 0 Å². The van der Waals surface area contributed by atoms with E-state index in [1.54, 1.807) is 31.2 Å². The number of esters is 1. The van der Waals surface area contributed by atoms with E-state index in [1.807, 2.05) is 0 Å². The molecule has 4 heteroatoms. The van der Waals surface area contributed by atoms with Crippen LogP contribution < -0.4 is 4.74 Å². The zero-order valence-corrected chi connectivity index (χ0v) is 10.1. The van der Waals surface area contributed by atoms with Gasteiger partial charge in [0.1, 0.15) is 12.4 Å². The SMILES string of the molecule is CCOC(=O)Cc1ccc(OCC(C)=O)cc1. The lowest BCUT2D eigenvalue weighted by Gasteiger charge is -2.05. The molecule has 0 bridgehead atoms. The van der Waals surface area contributed by atoms with Crippen molar-refractivity contribution in [1.82, 2.24) is 0 Å². The van der Waals surface area contributed by atoms with E-state index in [0.717, 1.165) is 5.56 Å². The molecule has 1 aromatic carbocycles. The van der Waals surface area contributed by atoms with Crippen molar-refractivity contribution in [3.05, 3.63) is 29.8 Å². The third kappa shape index (κ3) is 5.15. The lowest BCUT2D eigenvalue weighted by Crippen LogP contribution is -2.08. The van der Waals surface area contributed by atoms with Gasteiger partial charge in [-0.1, -0.05) is 12.1 Å². The molecule has 0 N–H and O–H groups in total. The molecule has 0 radical (unpaired) electrons. The highest BCUT2D eigenvalue weighted by Crippen LogP contribution is 2.12. The van der Waals surface area contributed by atoms with Crippen LogP contribution in [-0.2, 0) is 20.7 Å². The minimum absolute atomic E-state index is 0.0272. The highest BCUT2D eigenvalue weighted by atomic mass is 16.5. The summed E-state index contributed by atoms with van der Waals surface area (Å²) >= 11 is 0. The van der Waals surface area contributed by atoms with E-state index in [1.165, 1.54) is 6.92 Å². The molecule has 0 amide bonds. The first-order valence-electron chi connectivity index (χ1n) is 5.48. The molecule has 0 saturated carbocycles. The fourth-order valence-electron chi connectivity index (χ4n) is 1.27. The molecular weight excluding hydrogens is 220 g/mol. The Balaban J connectivity index is 2.49. The van der Waals surface area contributed by atoms with Crippen molar-refractivity contribution in [2.24, 2.45) is 0 Å². The molecule has 92 valence electrons. The van der Waals surface area contributed by atoms with Crippen LogP contribution in [0.2, 0.25) is 0 Å². The van der Waals surface area contributed by atoms with Gasteiger partial charge in [-0.2, -0.15) is 0 Å². The van der Waals surface area contributed by atoms with Crippen LogP contribution >= 0.6 is 0 Å². The van der Waals surface area contributed by atoms with Gasteiger partial charge >= 0.3 is 5.97 Å². The number of hydrogen-bond acceptors (Lipinski definition) is 4. The third-order valence-electron chi connectivity index (χ3n) is 2.02. The van der Waals surface area contributed by atoms with E-state index in [2.05, 4.69) is 0 Å². The van der Waals surface area contributed by atoms with Crippen LogP contribution in [0.5, 0.6) is 5.75 Å². The Labute approximate surface area is 101 Å². The minimum Gasteiger partial charge on any atom is -0.486 e. The summed E-state index contributed by atoms with van der Waals surface area (Å²) < 4.78 is 10.0. The average molecular weight is 236 g/mol. The standard InChI is InChI=1S/C13H16O4/c1-3-16-13(15)8-11-4-6-12(7-5-11)17-9-10(2)14/h4-7H,3,8-9H2,1-2H3. The Hall–Kier alpha value is -1.84. The van der Waals surface area contributed by atoms with Crippen molar-refractivity contribution < 1.29 is 19.1 Å². The number of ketones is 1. The smallest absolute Gasteiger partial charge is 0.310 e. The lowest BCUT2D eigenvalue weighted by molar-refractivity contribution is -0.142. The molecule has 17 heavy (non-hydrogen) atoms. The predicted molar refractivity (Wildman–Crippen MR) is 63.0 cm³/mol. The molecule has 0 fully saturated rings. The molecule has 0 saturated heterocycles. The van der Waals surface area contributed by atoms with Crippen LogP contribution in [0.25, 0.3) is 0 Å². The summed E-state index contributed by atoms with van der Waals surface area (Å²) in [6, 6.07) is 7.04. The Kier molecular flexibility index (Phi) is 5.20. The number of carbonyl (C=O) groups excluding carboxylic acids is 2. The van der Waals surface area contributed by atoms with Crippen molar-refractivity contribution in [3.8, 4) is 5.75 Å². The summed E-state index contributed by atoms with van der Waals surface area (Å²) in [6.45, 7) is 3.70. The van der Waals surface area contributed by atoms with E-state index in [-0.39, 0.29) is 24.8 Å². The van der Waals surface area contributed by atoms with Gasteiger partial charge in [0, 0.05) is 0 Å². The zero-order chi connectivity index (χ0) is 12.7. The third-order valence-corrected chi connectivity index (χ3v) is 2.02. The summed E-state index contributed by atoms with van der Waals surface area (Å²) in [6.07, 6.45) is 0.251. The Bertz CT molecular complexity index is 381. The summed E-state index contributed by atoms with van der Waals surface area (Å²) in [5, 5.41) is 0. The first kappa shape index (κ1) is 13.2. The quantitative estimate of drug-likeness (QED) is 0.706. The van der Waals surface area contributed by atoms with Crippen molar-refractivity contribution in [2.75, 3.05) is 13.2 Å². The Morgan fingerprint density at radius 1 is 1.18 bits per heavy atom. The van der Waals surface area contributed by atoms with Gasteiger partial charge in [-0.25, -0.2) is 0 Å². The van der Waals surface area contributed by atoms with Crippen LogP contribution in [0, 0.1) is 0 Å². The van der Waals surface area contributed by atoms with Gasteiger partial charge in [0.15, 0.2) is 5.78 Å². The summed E-state index contributed by atoms with van der Waals surface area (Å²) in [5.41, 5.74) is 0.860. The van der Waals surface area contributed by atoms with E-state index in [0.29, 0.717) is 12.4 Å². The van der Waals surface area contributed by atoms with Gasteiger partial charge in [-0.15, -0.1) is 0 Å². The van der Waals surface area contributed by atoms with Gasteiger partial charge in [0.2, 0.25) is 0 Å². The van der Waals surface area contributed by atoms with Crippen molar-refractivity contribution in [3.63, 3.8) is 0 Å². The molecule has 0 aliphatic rings. The summed E-state index contributed by atoms with van der Waals surface area (Å²) in [7, 11) is 0. The minimum atomic E-state index is -0.245. The second kappa shape index (κ2) is 6.68. The molecule has 1 aromatic rings. The van der Waals surface area contributed by atoms with Crippen LogP contribution in [0.3, 0.4) is 0 Å². The second-order valence-electron chi connectivity index (χ2n) is 3.62. The van der Waals surface area contributed by atoms with Gasteiger partial charge in [-0.3, -0.25) is 9.59 Å². The van der Waals surface area contributed by atoms with Crippen molar-refractivity contribution in [2.45, 2.75) is 20.3 Å². The fourth-order valence-corrected chi connectivity index (χ4v) is 1.27. The van der Waals surface area contributed by atoms with Crippen LogP contribution in [-0.4, -0.2) is 25.0 Å². The first-order chi connectivity index (χ1) is 8.11. The molecule has 0 aromatic heterocycles. The molecule has 1 rings (SSSR count). The van der Waals surface area contributed by atoms with Crippen LogP contribution in [0.15, 0.2) is 24.3 Å². The van der Waals surface area contributed by atoms with Gasteiger partial charge in [0.05, 0.1) is 13.0 Å². The topological polar surface area (TPSA) is 52.6 Å². The molecular formula is C13H16O4. The molecule has 0 heterocycles. The maximum Gasteiger partial charge on any atom is 0.310 e. The monoisotopic (exact) mass is 236 g/mol. The van der Waals surface area contributed by atoms with Crippen molar-refractivity contribution in [1.29, 1.82) is 0 Å². The average Bonchev–Trinajstić information content (AvgIpc) is 2.28. The summed E-state index contributed by atoms with van der Waals surface area (Å²) in [4.78, 5) is 21.9. The maximum atomic E-state index is 11.2. The number of Topliss-reactive ketones (excluding diaryl/α,β-unsaturated/α-hetero) is 1. The highest BCUT2D eigenvalue weighted by molar-refractivity contribution is 5.77. The number of rotatable bonds is 6. The number of benzene rings is 1. The van der Waals surface area contributed by atoms with Crippen LogP contribution in [0.4, 0.5) is 0 Å². The lowest BCUT2D eigenvalue weighted by atomic mass is 10.1. The van der Waals surface area contributed by atoms with Crippen LogP contribution in [0.1, 0.15) is 19.4 Å².